The number of fused-ring (bicyclic) bond motifs is 1. The van der Waals surface area contributed by atoms with Crippen molar-refractivity contribution >= 4 is 51.5 Å². The normalized spacial score (nSPS) is 17.4. The Morgan fingerprint density at radius 2 is 1.89 bits per heavy atom. The predicted molar refractivity (Wildman–Crippen MR) is 151 cm³/mol. The lowest BCUT2D eigenvalue weighted by Gasteiger charge is -2.37. The second-order valence-corrected chi connectivity index (χ2v) is 10.9. The van der Waals surface area contributed by atoms with Crippen LogP contribution in [0.5, 0.6) is 11.6 Å². The maximum Gasteiger partial charge on any atom is 0.262 e. The second-order valence-electron chi connectivity index (χ2n) is 8.65. The van der Waals surface area contributed by atoms with Gasteiger partial charge < -0.3 is 15.2 Å². The molecule has 0 aliphatic carbocycles. The van der Waals surface area contributed by atoms with Crippen LogP contribution in [-0.2, 0) is 10.3 Å². The van der Waals surface area contributed by atoms with Crippen molar-refractivity contribution in [1.82, 2.24) is 15.3 Å². The number of nitrogens with one attached hydrogen (secondary N) is 1. The van der Waals surface area contributed by atoms with Gasteiger partial charge in [0, 0.05) is 29.0 Å². The lowest BCUT2D eigenvalue weighted by molar-refractivity contribution is -0.119. The zero-order valence-electron chi connectivity index (χ0n) is 19.8. The Balaban J connectivity index is 1.39. The van der Waals surface area contributed by atoms with Crippen LogP contribution in [0.15, 0.2) is 111 Å². The Bertz CT molecular complexity index is 1680. The monoisotopic (exact) mass is 557 g/mol. The summed E-state index contributed by atoms with van der Waals surface area (Å²) < 4.78 is 6.20. The van der Waals surface area contributed by atoms with E-state index < -0.39 is 11.4 Å². The number of nitrogens with zero attached hydrogens (tertiary/aromatic N) is 2. The Hall–Kier alpha value is -3.85. The Morgan fingerprint density at radius 3 is 2.71 bits per heavy atom. The summed E-state index contributed by atoms with van der Waals surface area (Å²) in [6.45, 7) is 0. The van der Waals surface area contributed by atoms with Crippen molar-refractivity contribution in [1.29, 1.82) is 0 Å². The van der Waals surface area contributed by atoms with E-state index in [2.05, 4.69) is 10.3 Å². The summed E-state index contributed by atoms with van der Waals surface area (Å²) >= 11 is 8.96. The van der Waals surface area contributed by atoms with Gasteiger partial charge in [0.2, 0.25) is 5.88 Å². The molecule has 0 saturated heterocycles. The maximum absolute atomic E-state index is 13.5. The van der Waals surface area contributed by atoms with Crippen LogP contribution in [0.4, 0.5) is 0 Å². The van der Waals surface area contributed by atoms with E-state index >= 15 is 0 Å². The first-order valence-corrected chi connectivity index (χ1v) is 13.9. The molecule has 0 radical (unpaired) electrons. The van der Waals surface area contributed by atoms with E-state index in [9.17, 15) is 9.90 Å². The highest BCUT2D eigenvalue weighted by Crippen LogP contribution is 2.44. The number of carbonyl (C=O) groups excluding carboxylic acids is 1. The average Bonchev–Trinajstić information content (AvgIpc) is 3.48. The summed E-state index contributed by atoms with van der Waals surface area (Å²) in [5.74, 6) is 0.553. The number of ether oxygens (including phenoxy) is 1. The quantitative estimate of drug-likeness (QED) is 0.225. The van der Waals surface area contributed by atoms with Crippen molar-refractivity contribution in [2.45, 2.75) is 16.9 Å². The van der Waals surface area contributed by atoms with E-state index in [1.165, 1.54) is 11.3 Å². The van der Waals surface area contributed by atoms with E-state index in [0.717, 1.165) is 28.2 Å². The molecule has 1 amide bonds. The first-order chi connectivity index (χ1) is 18.5. The highest BCUT2D eigenvalue weighted by Gasteiger charge is 2.44. The molecular weight excluding hydrogens is 538 g/mol. The Kier molecular flexibility index (Phi) is 6.53. The van der Waals surface area contributed by atoms with Crippen molar-refractivity contribution in [2.75, 3.05) is 0 Å². The number of rotatable bonds is 6. The fraction of sp³-hybridized carbons (Fsp3) is 0.0690. The molecule has 2 N–H and O–H groups in total. The largest absolute Gasteiger partial charge is 0.511 e. The maximum atomic E-state index is 13.5. The van der Waals surface area contributed by atoms with E-state index in [4.69, 9.17) is 21.3 Å². The molecule has 1 aliphatic rings. The number of thioether (sulfide) groups is 1. The minimum Gasteiger partial charge on any atom is -0.511 e. The number of aliphatic hydroxyl groups excluding tert-OH is 1. The van der Waals surface area contributed by atoms with Gasteiger partial charge in [-0.25, -0.2) is 4.98 Å². The van der Waals surface area contributed by atoms with Crippen molar-refractivity contribution in [3.8, 4) is 11.6 Å². The SMILES string of the molecule is O=C1NC(c2ccsc2)(c2cccc(Oc3cccc4ncccc34)n2)CC(O)=C1Sc1ccccc1Cl. The minimum atomic E-state index is -1.08. The number of amides is 1. The predicted octanol–water partition coefficient (Wildman–Crippen LogP) is 7.46. The van der Waals surface area contributed by atoms with Gasteiger partial charge in [0.1, 0.15) is 22.0 Å². The van der Waals surface area contributed by atoms with Crippen molar-refractivity contribution in [3.63, 3.8) is 0 Å². The molecule has 188 valence electrons. The van der Waals surface area contributed by atoms with Gasteiger partial charge in [-0.1, -0.05) is 47.6 Å². The van der Waals surface area contributed by atoms with Crippen molar-refractivity contribution < 1.29 is 14.6 Å². The van der Waals surface area contributed by atoms with Gasteiger partial charge in [-0.15, -0.1) is 0 Å². The van der Waals surface area contributed by atoms with Crippen molar-refractivity contribution in [3.05, 3.63) is 123 Å². The van der Waals surface area contributed by atoms with Gasteiger partial charge in [-0.3, -0.25) is 9.78 Å². The number of carbonyl (C=O) groups is 1. The van der Waals surface area contributed by atoms with Gasteiger partial charge in [-0.2, -0.15) is 11.3 Å². The molecule has 0 spiro atoms. The summed E-state index contributed by atoms with van der Waals surface area (Å²) in [6.07, 6.45) is 1.86. The number of halogens is 1. The molecule has 1 unspecified atom stereocenters. The molecule has 9 heteroatoms. The topological polar surface area (TPSA) is 84.3 Å². The van der Waals surface area contributed by atoms with E-state index in [1.807, 2.05) is 77.5 Å². The van der Waals surface area contributed by atoms with Gasteiger partial charge in [0.25, 0.3) is 5.91 Å². The third-order valence-corrected chi connectivity index (χ3v) is 8.60. The molecule has 1 aliphatic heterocycles. The molecule has 5 aromatic rings. The average molecular weight is 558 g/mol. The number of benzene rings is 2. The molecule has 38 heavy (non-hydrogen) atoms. The lowest BCUT2D eigenvalue weighted by atomic mass is 9.82. The minimum absolute atomic E-state index is 0.0295. The third-order valence-electron chi connectivity index (χ3n) is 6.27. The van der Waals surface area contributed by atoms with Crippen LogP contribution in [0, 0.1) is 0 Å². The van der Waals surface area contributed by atoms with Crippen LogP contribution in [0.3, 0.4) is 0 Å². The van der Waals surface area contributed by atoms with Crippen molar-refractivity contribution in [2.24, 2.45) is 0 Å². The smallest absolute Gasteiger partial charge is 0.262 e. The van der Waals surface area contributed by atoms with Crippen LogP contribution in [0.1, 0.15) is 17.7 Å². The molecule has 0 saturated carbocycles. The summed E-state index contributed by atoms with van der Waals surface area (Å²) in [5, 5.41) is 19.6. The van der Waals surface area contributed by atoms with Crippen LogP contribution >= 0.6 is 34.7 Å². The lowest BCUT2D eigenvalue weighted by Crippen LogP contribution is -2.50. The molecule has 0 bridgehead atoms. The molecule has 4 heterocycles. The number of hydrogen-bond acceptors (Lipinski definition) is 7. The molecule has 6 nitrogen and oxygen atoms in total. The standard InChI is InChI=1S/C29H20ClN3O3S2/c30-20-7-1-2-10-24(20)38-27-22(34)16-29(33-28(27)35,18-13-15-37-17-18)25-11-4-12-26(32-25)36-23-9-3-8-21-19(23)6-5-14-31-21/h1-15,17,34H,16H2,(H,33,35). The van der Waals surface area contributed by atoms with Crippen LogP contribution < -0.4 is 10.1 Å². The highest BCUT2D eigenvalue weighted by atomic mass is 35.5. The van der Waals surface area contributed by atoms with Crippen LogP contribution in [-0.4, -0.2) is 21.0 Å². The molecule has 3 aromatic heterocycles. The summed E-state index contributed by atoms with van der Waals surface area (Å²) in [7, 11) is 0. The van der Waals surface area contributed by atoms with E-state index in [-0.39, 0.29) is 17.1 Å². The number of aromatic nitrogens is 2. The summed E-state index contributed by atoms with van der Waals surface area (Å²) in [5.41, 5.74) is 1.11. The number of hydrogen-bond donors (Lipinski definition) is 2. The van der Waals surface area contributed by atoms with E-state index in [0.29, 0.717) is 27.2 Å². The first kappa shape index (κ1) is 24.5. The summed E-state index contributed by atoms with van der Waals surface area (Å²) in [6, 6.07) is 24.0. The zero-order valence-corrected chi connectivity index (χ0v) is 22.2. The van der Waals surface area contributed by atoms with Gasteiger partial charge in [0.15, 0.2) is 0 Å². The van der Waals surface area contributed by atoms with Crippen LogP contribution in [0.25, 0.3) is 10.9 Å². The third kappa shape index (κ3) is 4.51. The highest BCUT2D eigenvalue weighted by molar-refractivity contribution is 8.04. The molecule has 2 aromatic carbocycles. The number of aliphatic hydroxyl groups is 1. The van der Waals surface area contributed by atoms with Gasteiger partial charge in [-0.05, 0) is 64.9 Å². The molecule has 0 fully saturated rings. The fourth-order valence-electron chi connectivity index (χ4n) is 4.47. The molecular formula is C29H20ClN3O3S2. The van der Waals surface area contributed by atoms with Gasteiger partial charge >= 0.3 is 0 Å². The summed E-state index contributed by atoms with van der Waals surface area (Å²) in [4.78, 5) is 23.6. The number of pyridine rings is 2. The molecule has 1 atom stereocenters. The van der Waals surface area contributed by atoms with Crippen LogP contribution in [0.2, 0.25) is 5.02 Å². The molecule has 6 rings (SSSR count). The fourth-order valence-corrected chi connectivity index (χ4v) is 6.32. The second kappa shape index (κ2) is 10.1. The van der Waals surface area contributed by atoms with E-state index in [1.54, 1.807) is 18.3 Å². The zero-order chi connectivity index (χ0) is 26.1. The Labute approximate surface area is 232 Å². The Morgan fingerprint density at radius 1 is 1.03 bits per heavy atom. The van der Waals surface area contributed by atoms with Gasteiger partial charge in [0.05, 0.1) is 16.2 Å². The number of thiophene rings is 1. The first-order valence-electron chi connectivity index (χ1n) is 11.7.